The van der Waals surface area contributed by atoms with Gasteiger partial charge in [-0.3, -0.25) is 0 Å². The highest BCUT2D eigenvalue weighted by Gasteiger charge is 1.97. The van der Waals surface area contributed by atoms with Crippen LogP contribution in [0.1, 0.15) is 32.0 Å². The quantitative estimate of drug-likeness (QED) is 0.625. The van der Waals surface area contributed by atoms with Crippen LogP contribution >= 0.6 is 28.1 Å². The number of hydrogen-bond acceptors (Lipinski definition) is 2. The van der Waals surface area contributed by atoms with Gasteiger partial charge in [0.1, 0.15) is 10.4 Å². The second-order valence-corrected chi connectivity index (χ2v) is 4.94. The van der Waals surface area contributed by atoms with Gasteiger partial charge in [-0.15, -0.1) is 0 Å². The van der Waals surface area contributed by atoms with E-state index < -0.39 is 0 Å². The molecule has 1 heterocycles. The van der Waals surface area contributed by atoms with E-state index in [9.17, 15) is 0 Å². The largest absolute Gasteiger partial charge is 0.380 e. The molecule has 0 aliphatic carbocycles. The van der Waals surface area contributed by atoms with E-state index in [0.717, 1.165) is 41.2 Å². The molecule has 1 aromatic heterocycles. The van der Waals surface area contributed by atoms with Crippen molar-refractivity contribution in [2.45, 2.75) is 32.6 Å². The number of hydrogen-bond donors (Lipinski definition) is 2. The fourth-order valence-electron chi connectivity index (χ4n) is 1.32. The molecule has 0 spiro atoms. The maximum absolute atomic E-state index is 4.92. The lowest BCUT2D eigenvalue weighted by Gasteiger charge is -2.02. The van der Waals surface area contributed by atoms with Gasteiger partial charge in [0.05, 0.1) is 11.2 Å². The van der Waals surface area contributed by atoms with Gasteiger partial charge in [0.25, 0.3) is 0 Å². The Labute approximate surface area is 104 Å². The zero-order chi connectivity index (χ0) is 11.1. The molecule has 0 unspecified atom stereocenters. The highest BCUT2D eigenvalue weighted by Crippen LogP contribution is 2.07. The van der Waals surface area contributed by atoms with Crippen molar-refractivity contribution in [2.24, 2.45) is 0 Å². The van der Waals surface area contributed by atoms with Crippen LogP contribution in [0.15, 0.2) is 10.8 Å². The van der Waals surface area contributed by atoms with Gasteiger partial charge in [0.15, 0.2) is 0 Å². The average molecular weight is 290 g/mol. The van der Waals surface area contributed by atoms with Crippen LogP contribution in [0.2, 0.25) is 0 Å². The van der Waals surface area contributed by atoms with Crippen LogP contribution in [0.3, 0.4) is 0 Å². The van der Waals surface area contributed by atoms with Crippen molar-refractivity contribution in [3.63, 3.8) is 0 Å². The third kappa shape index (κ3) is 5.89. The van der Waals surface area contributed by atoms with E-state index in [-0.39, 0.29) is 0 Å². The fourth-order valence-corrected chi connectivity index (χ4v) is 1.76. The highest BCUT2D eigenvalue weighted by molar-refractivity contribution is 9.10. The zero-order valence-electron chi connectivity index (χ0n) is 8.85. The van der Waals surface area contributed by atoms with Crippen LogP contribution < -0.4 is 5.32 Å². The Morgan fingerprint density at radius 3 is 2.93 bits per heavy atom. The number of aromatic nitrogens is 2. The molecule has 0 fully saturated rings. The summed E-state index contributed by atoms with van der Waals surface area (Å²) in [6, 6.07) is 0. The molecule has 1 rings (SSSR count). The van der Waals surface area contributed by atoms with Crippen molar-refractivity contribution in [3.05, 3.63) is 16.6 Å². The molecule has 0 aliphatic heterocycles. The minimum absolute atomic E-state index is 0.880. The van der Waals surface area contributed by atoms with Gasteiger partial charge in [0, 0.05) is 13.0 Å². The minimum atomic E-state index is 0.880. The number of nitrogens with one attached hydrogen (secondary N) is 2. The van der Waals surface area contributed by atoms with Crippen LogP contribution in [-0.4, -0.2) is 21.5 Å². The van der Waals surface area contributed by atoms with E-state index in [4.69, 9.17) is 12.2 Å². The Bertz CT molecular complexity index is 311. The predicted octanol–water partition coefficient (Wildman–Crippen LogP) is 2.82. The number of H-pyrrole nitrogens is 1. The van der Waals surface area contributed by atoms with Crippen molar-refractivity contribution in [2.75, 3.05) is 6.54 Å². The zero-order valence-corrected chi connectivity index (χ0v) is 11.2. The van der Waals surface area contributed by atoms with E-state index >= 15 is 0 Å². The molecule has 0 radical (unpaired) electrons. The number of nitrogens with zero attached hydrogens (tertiary/aromatic N) is 1. The molecular formula is C10H16BrN3S. The molecule has 1 aromatic rings. The summed E-state index contributed by atoms with van der Waals surface area (Å²) in [5.41, 5.74) is 0. The standard InChI is InChI=1S/C10H16BrN3S/c1-8(15)12-6-4-2-3-5-10-13-7-9(11)14-10/h7H,2-6H2,1H3,(H,12,15)(H,13,14). The number of rotatable bonds is 6. The monoisotopic (exact) mass is 289 g/mol. The number of imidazole rings is 1. The first-order valence-corrected chi connectivity index (χ1v) is 6.32. The van der Waals surface area contributed by atoms with E-state index in [1.165, 1.54) is 6.42 Å². The van der Waals surface area contributed by atoms with Gasteiger partial charge in [-0.2, -0.15) is 0 Å². The summed E-state index contributed by atoms with van der Waals surface area (Å²) in [7, 11) is 0. The topological polar surface area (TPSA) is 40.7 Å². The molecule has 0 atom stereocenters. The molecule has 5 heteroatoms. The summed E-state index contributed by atoms with van der Waals surface area (Å²) in [6.07, 6.45) is 6.34. The van der Waals surface area contributed by atoms with E-state index in [1.807, 2.05) is 6.92 Å². The third-order valence-corrected chi connectivity index (χ3v) is 2.61. The Morgan fingerprint density at radius 1 is 1.53 bits per heavy atom. The lowest BCUT2D eigenvalue weighted by Crippen LogP contribution is -2.19. The number of halogens is 1. The van der Waals surface area contributed by atoms with Crippen molar-refractivity contribution in [3.8, 4) is 0 Å². The molecule has 0 saturated carbocycles. The van der Waals surface area contributed by atoms with Crippen molar-refractivity contribution >= 4 is 33.1 Å². The van der Waals surface area contributed by atoms with Crippen molar-refractivity contribution in [1.29, 1.82) is 0 Å². The van der Waals surface area contributed by atoms with Crippen molar-refractivity contribution < 1.29 is 0 Å². The van der Waals surface area contributed by atoms with Gasteiger partial charge in [-0.25, -0.2) is 4.98 Å². The molecule has 15 heavy (non-hydrogen) atoms. The molecule has 2 N–H and O–H groups in total. The summed E-state index contributed by atoms with van der Waals surface area (Å²) in [4.78, 5) is 8.26. The van der Waals surface area contributed by atoms with Crippen molar-refractivity contribution in [1.82, 2.24) is 15.3 Å². The minimum Gasteiger partial charge on any atom is -0.380 e. The first-order valence-electron chi connectivity index (χ1n) is 5.12. The van der Waals surface area contributed by atoms with Gasteiger partial charge < -0.3 is 10.3 Å². The number of aromatic amines is 1. The first kappa shape index (κ1) is 12.6. The third-order valence-electron chi connectivity index (χ3n) is 2.06. The molecule has 0 amide bonds. The maximum atomic E-state index is 4.92. The fraction of sp³-hybridized carbons (Fsp3) is 0.600. The van der Waals surface area contributed by atoms with E-state index in [2.05, 4.69) is 31.2 Å². The van der Waals surface area contributed by atoms with Gasteiger partial charge in [-0.1, -0.05) is 18.6 Å². The Kier molecular flexibility index (Phi) is 5.86. The summed E-state index contributed by atoms with van der Waals surface area (Å²) in [5, 5.41) is 3.15. The lowest BCUT2D eigenvalue weighted by molar-refractivity contribution is 0.654. The molecule has 3 nitrogen and oxygen atoms in total. The lowest BCUT2D eigenvalue weighted by atomic mass is 10.2. The maximum Gasteiger partial charge on any atom is 0.106 e. The van der Waals surface area contributed by atoms with Gasteiger partial charge in [-0.05, 0) is 35.7 Å². The molecule has 0 saturated heterocycles. The Balaban J connectivity index is 2.00. The van der Waals surface area contributed by atoms with Gasteiger partial charge >= 0.3 is 0 Å². The normalized spacial score (nSPS) is 10.3. The number of aryl methyl sites for hydroxylation is 1. The average Bonchev–Trinajstić information content (AvgIpc) is 2.57. The highest BCUT2D eigenvalue weighted by atomic mass is 79.9. The van der Waals surface area contributed by atoms with E-state index in [0.29, 0.717) is 0 Å². The Morgan fingerprint density at radius 2 is 2.33 bits per heavy atom. The smallest absolute Gasteiger partial charge is 0.106 e. The summed E-state index contributed by atoms with van der Waals surface area (Å²) < 4.78 is 0.954. The first-order chi connectivity index (χ1) is 7.18. The summed E-state index contributed by atoms with van der Waals surface area (Å²) in [6.45, 7) is 2.90. The van der Waals surface area contributed by atoms with E-state index in [1.54, 1.807) is 6.20 Å². The molecular weight excluding hydrogens is 274 g/mol. The molecule has 84 valence electrons. The predicted molar refractivity (Wildman–Crippen MR) is 70.1 cm³/mol. The molecule has 0 bridgehead atoms. The summed E-state index contributed by atoms with van der Waals surface area (Å²) in [5.74, 6) is 1.06. The summed E-state index contributed by atoms with van der Waals surface area (Å²) >= 11 is 8.26. The molecule has 0 aromatic carbocycles. The second kappa shape index (κ2) is 6.95. The number of thiocarbonyl (C=S) groups is 1. The SMILES string of the molecule is CC(=S)NCCCCCc1ncc(Br)[nH]1. The van der Waals surface area contributed by atoms with Gasteiger partial charge in [0.2, 0.25) is 0 Å². The molecule has 0 aliphatic rings. The number of unbranched alkanes of at least 4 members (excludes halogenated alkanes) is 2. The van der Waals surface area contributed by atoms with Crippen LogP contribution in [-0.2, 0) is 6.42 Å². The second-order valence-electron chi connectivity index (χ2n) is 3.47. The van der Waals surface area contributed by atoms with Crippen LogP contribution in [0.4, 0.5) is 0 Å². The van der Waals surface area contributed by atoms with Crippen LogP contribution in [0, 0.1) is 0 Å². The van der Waals surface area contributed by atoms with Crippen LogP contribution in [0.25, 0.3) is 0 Å². The van der Waals surface area contributed by atoms with Crippen LogP contribution in [0.5, 0.6) is 0 Å². The Hall–Kier alpha value is -0.420.